The largest absolute Gasteiger partial charge is 0.335 e. The number of amides is 2. The second-order valence-corrected chi connectivity index (χ2v) is 6.82. The van der Waals surface area contributed by atoms with Crippen LogP contribution in [0, 0.1) is 12.8 Å². The van der Waals surface area contributed by atoms with Gasteiger partial charge in [-0.15, -0.1) is 0 Å². The topological polar surface area (TPSA) is 84.0 Å². The standard InChI is InChI=1S/C17H24N4O2/c1-10-8-13-15(14(22)9-10)11(2)18-16(20-13)21-17(23)19-12-6-4-3-5-7-12/h10,12H,3-9H2,1-2H3,(H2,18,19,20,21,23)/t10-/m1/s1. The number of nitrogens with one attached hydrogen (secondary N) is 2. The molecule has 1 atom stereocenters. The molecule has 1 aromatic rings. The number of nitrogens with zero attached hydrogens (tertiary/aromatic N) is 2. The van der Waals surface area contributed by atoms with Crippen molar-refractivity contribution in [1.82, 2.24) is 15.3 Å². The second-order valence-electron chi connectivity index (χ2n) is 6.82. The van der Waals surface area contributed by atoms with Crippen LogP contribution < -0.4 is 10.6 Å². The fourth-order valence-corrected chi connectivity index (χ4v) is 3.59. The molecule has 124 valence electrons. The molecule has 0 radical (unpaired) electrons. The predicted octanol–water partition coefficient (Wildman–Crippen LogP) is 3.00. The molecule has 6 heteroatoms. The van der Waals surface area contributed by atoms with Gasteiger partial charge in [-0.25, -0.2) is 14.8 Å². The summed E-state index contributed by atoms with van der Waals surface area (Å²) in [6, 6.07) is -0.0180. The highest BCUT2D eigenvalue weighted by atomic mass is 16.2. The van der Waals surface area contributed by atoms with Gasteiger partial charge in [0, 0.05) is 12.5 Å². The van der Waals surface area contributed by atoms with Crippen LogP contribution in [0.5, 0.6) is 0 Å². The van der Waals surface area contributed by atoms with Gasteiger partial charge in [0.2, 0.25) is 5.95 Å². The van der Waals surface area contributed by atoms with Crippen LogP contribution in [0.3, 0.4) is 0 Å². The van der Waals surface area contributed by atoms with E-state index in [1.54, 1.807) is 6.92 Å². The van der Waals surface area contributed by atoms with E-state index >= 15 is 0 Å². The van der Waals surface area contributed by atoms with Crippen molar-refractivity contribution in [2.24, 2.45) is 5.92 Å². The number of fused-ring (bicyclic) bond motifs is 1. The van der Waals surface area contributed by atoms with E-state index in [1.165, 1.54) is 19.3 Å². The summed E-state index contributed by atoms with van der Waals surface area (Å²) < 4.78 is 0. The maximum atomic E-state index is 12.1. The molecular formula is C17H24N4O2. The highest BCUT2D eigenvalue weighted by Crippen LogP contribution is 2.26. The number of carbonyl (C=O) groups excluding carboxylic acids is 2. The molecule has 0 bridgehead atoms. The highest BCUT2D eigenvalue weighted by molar-refractivity contribution is 5.99. The first kappa shape index (κ1) is 15.9. The summed E-state index contributed by atoms with van der Waals surface area (Å²) in [7, 11) is 0. The van der Waals surface area contributed by atoms with Gasteiger partial charge in [-0.05, 0) is 32.1 Å². The van der Waals surface area contributed by atoms with Crippen molar-refractivity contribution in [3.8, 4) is 0 Å². The average molecular weight is 316 g/mol. The predicted molar refractivity (Wildman–Crippen MR) is 87.6 cm³/mol. The van der Waals surface area contributed by atoms with E-state index in [1.807, 2.05) is 6.92 Å². The van der Waals surface area contributed by atoms with Gasteiger partial charge in [0.05, 0.1) is 17.0 Å². The Balaban J connectivity index is 1.71. The van der Waals surface area contributed by atoms with Gasteiger partial charge in [0.15, 0.2) is 5.78 Å². The van der Waals surface area contributed by atoms with Crippen LogP contribution in [0.25, 0.3) is 0 Å². The lowest BCUT2D eigenvalue weighted by molar-refractivity contribution is 0.0951. The quantitative estimate of drug-likeness (QED) is 0.878. The number of hydrogen-bond acceptors (Lipinski definition) is 4. The van der Waals surface area contributed by atoms with Gasteiger partial charge in [0.25, 0.3) is 0 Å². The monoisotopic (exact) mass is 316 g/mol. The Kier molecular flexibility index (Phi) is 4.59. The van der Waals surface area contributed by atoms with Gasteiger partial charge in [-0.3, -0.25) is 10.1 Å². The molecule has 23 heavy (non-hydrogen) atoms. The third-order valence-corrected chi connectivity index (χ3v) is 4.69. The minimum Gasteiger partial charge on any atom is -0.335 e. The summed E-state index contributed by atoms with van der Waals surface area (Å²) >= 11 is 0. The minimum absolute atomic E-state index is 0.106. The van der Waals surface area contributed by atoms with E-state index in [0.29, 0.717) is 17.7 Å². The van der Waals surface area contributed by atoms with Crippen LogP contribution in [0.4, 0.5) is 10.7 Å². The van der Waals surface area contributed by atoms with Crippen LogP contribution in [-0.4, -0.2) is 27.8 Å². The molecule has 1 aromatic heterocycles. The van der Waals surface area contributed by atoms with E-state index in [0.717, 1.165) is 25.0 Å². The molecule has 1 fully saturated rings. The molecule has 2 amide bonds. The normalized spacial score (nSPS) is 21.7. The molecule has 0 aromatic carbocycles. The van der Waals surface area contributed by atoms with E-state index in [2.05, 4.69) is 20.6 Å². The van der Waals surface area contributed by atoms with Gasteiger partial charge in [-0.2, -0.15) is 0 Å². The number of aryl methyl sites for hydroxylation is 1. The maximum Gasteiger partial charge on any atom is 0.321 e. The van der Waals surface area contributed by atoms with Crippen LogP contribution in [-0.2, 0) is 6.42 Å². The fraction of sp³-hybridized carbons (Fsp3) is 0.647. The molecule has 2 aliphatic carbocycles. The zero-order valence-corrected chi connectivity index (χ0v) is 13.8. The number of hydrogen-bond donors (Lipinski definition) is 2. The Bertz CT molecular complexity index is 623. The molecule has 0 aliphatic heterocycles. The molecule has 3 rings (SSSR count). The summed E-state index contributed by atoms with van der Waals surface area (Å²) in [4.78, 5) is 32.9. The molecule has 0 unspecified atom stereocenters. The Morgan fingerprint density at radius 2 is 1.87 bits per heavy atom. The lowest BCUT2D eigenvalue weighted by Crippen LogP contribution is -2.39. The zero-order chi connectivity index (χ0) is 16.4. The first-order chi connectivity index (χ1) is 11.0. The van der Waals surface area contributed by atoms with Crippen molar-refractivity contribution in [1.29, 1.82) is 0 Å². The first-order valence-electron chi connectivity index (χ1n) is 8.51. The average Bonchev–Trinajstić information content (AvgIpc) is 2.46. The van der Waals surface area contributed by atoms with Crippen molar-refractivity contribution >= 4 is 17.8 Å². The third-order valence-electron chi connectivity index (χ3n) is 4.69. The Morgan fingerprint density at radius 3 is 2.61 bits per heavy atom. The van der Waals surface area contributed by atoms with Gasteiger partial charge < -0.3 is 5.32 Å². The van der Waals surface area contributed by atoms with Crippen molar-refractivity contribution < 1.29 is 9.59 Å². The molecular weight excluding hydrogens is 292 g/mol. The number of anilines is 1. The van der Waals surface area contributed by atoms with Crippen molar-refractivity contribution in [2.45, 2.75) is 64.8 Å². The molecule has 0 saturated heterocycles. The lowest BCUT2D eigenvalue weighted by Gasteiger charge is -2.23. The third kappa shape index (κ3) is 3.68. The number of rotatable bonds is 2. The number of urea groups is 1. The molecule has 1 heterocycles. The Labute approximate surface area is 136 Å². The molecule has 6 nitrogen and oxygen atoms in total. The zero-order valence-electron chi connectivity index (χ0n) is 13.8. The Morgan fingerprint density at radius 1 is 1.13 bits per heavy atom. The maximum absolute atomic E-state index is 12.1. The van der Waals surface area contributed by atoms with Crippen LogP contribution >= 0.6 is 0 Å². The van der Waals surface area contributed by atoms with Crippen molar-refractivity contribution in [2.75, 3.05) is 5.32 Å². The van der Waals surface area contributed by atoms with Crippen molar-refractivity contribution in [3.63, 3.8) is 0 Å². The number of carbonyl (C=O) groups is 2. The Hall–Kier alpha value is -1.98. The van der Waals surface area contributed by atoms with E-state index in [4.69, 9.17) is 0 Å². The smallest absolute Gasteiger partial charge is 0.321 e. The fourth-order valence-electron chi connectivity index (χ4n) is 3.59. The van der Waals surface area contributed by atoms with E-state index in [9.17, 15) is 9.59 Å². The van der Waals surface area contributed by atoms with E-state index < -0.39 is 0 Å². The van der Waals surface area contributed by atoms with Crippen LogP contribution in [0.2, 0.25) is 0 Å². The minimum atomic E-state index is -0.258. The summed E-state index contributed by atoms with van der Waals surface area (Å²) in [6.45, 7) is 3.85. The van der Waals surface area contributed by atoms with Gasteiger partial charge in [-0.1, -0.05) is 26.2 Å². The number of ketones is 1. The SMILES string of the molecule is Cc1nc(NC(=O)NC2CCCCC2)nc2c1C(=O)C[C@H](C)C2. The summed E-state index contributed by atoms with van der Waals surface area (Å²) in [5, 5.41) is 5.71. The lowest BCUT2D eigenvalue weighted by atomic mass is 9.86. The van der Waals surface area contributed by atoms with Crippen LogP contribution in [0.15, 0.2) is 0 Å². The van der Waals surface area contributed by atoms with Gasteiger partial charge >= 0.3 is 6.03 Å². The van der Waals surface area contributed by atoms with Gasteiger partial charge in [0.1, 0.15) is 0 Å². The molecule has 1 saturated carbocycles. The summed E-state index contributed by atoms with van der Waals surface area (Å²) in [5.41, 5.74) is 2.05. The number of aromatic nitrogens is 2. The highest BCUT2D eigenvalue weighted by Gasteiger charge is 2.27. The van der Waals surface area contributed by atoms with Crippen LogP contribution in [0.1, 0.15) is 67.2 Å². The number of Topliss-reactive ketones (excluding diaryl/α,β-unsaturated/α-hetero) is 1. The first-order valence-corrected chi connectivity index (χ1v) is 8.51. The molecule has 2 aliphatic rings. The van der Waals surface area contributed by atoms with Crippen molar-refractivity contribution in [3.05, 3.63) is 17.0 Å². The van der Waals surface area contributed by atoms with E-state index in [-0.39, 0.29) is 29.7 Å². The molecule has 2 N–H and O–H groups in total. The summed E-state index contributed by atoms with van der Waals surface area (Å²) in [5.74, 6) is 0.680. The second kappa shape index (κ2) is 6.64. The molecule has 0 spiro atoms. The summed E-state index contributed by atoms with van der Waals surface area (Å²) in [6.07, 6.45) is 6.94.